The van der Waals surface area contributed by atoms with E-state index in [1.165, 1.54) is 0 Å². The Kier molecular flexibility index (Phi) is 5.92. The number of rotatable bonds is 7. The maximum absolute atomic E-state index is 12.0. The summed E-state index contributed by atoms with van der Waals surface area (Å²) in [5.74, 6) is 0.175. The molecule has 1 aromatic carbocycles. The number of carbonyl (C=O) groups excluding carboxylic acids is 1. The van der Waals surface area contributed by atoms with Gasteiger partial charge in [0.05, 0.1) is 13.4 Å². The lowest BCUT2D eigenvalue weighted by Crippen LogP contribution is -2.27. The van der Waals surface area contributed by atoms with Crippen molar-refractivity contribution in [1.82, 2.24) is 0 Å². The molecule has 0 radical (unpaired) electrons. The number of nitrogens with one attached hydrogen (secondary N) is 1. The molecule has 1 rings (SSSR count). The molecule has 116 valence electrons. The first-order chi connectivity index (χ1) is 9.76. The highest BCUT2D eigenvalue weighted by Crippen LogP contribution is 2.18. The number of benzene rings is 1. The Morgan fingerprint density at radius 1 is 1.33 bits per heavy atom. The van der Waals surface area contributed by atoms with Gasteiger partial charge in [-0.3, -0.25) is 8.98 Å². The van der Waals surface area contributed by atoms with Crippen molar-refractivity contribution >= 4 is 21.7 Å². The highest BCUT2D eigenvalue weighted by atomic mass is 32.2. The Bertz CT molecular complexity index is 607. The molecule has 0 aliphatic heterocycles. The molecule has 0 saturated carbocycles. The lowest BCUT2D eigenvalue weighted by molar-refractivity contribution is -0.113. The molecule has 0 aromatic heterocycles. The molecule has 21 heavy (non-hydrogen) atoms. The molecule has 7 heteroatoms. The maximum Gasteiger partial charge on any atom is 0.264 e. The lowest BCUT2D eigenvalue weighted by atomic mass is 10.1. The smallest absolute Gasteiger partial charge is 0.264 e. The molecule has 1 atom stereocenters. The minimum Gasteiger partial charge on any atom is -0.497 e. The molecule has 0 unspecified atom stereocenters. The first kappa shape index (κ1) is 17.2. The summed E-state index contributed by atoms with van der Waals surface area (Å²) >= 11 is 0. The van der Waals surface area contributed by atoms with Crippen LogP contribution in [0.5, 0.6) is 5.75 Å². The third kappa shape index (κ3) is 5.57. The summed E-state index contributed by atoms with van der Waals surface area (Å²) in [6, 6.07) is 6.73. The normalized spacial score (nSPS) is 12.5. The topological polar surface area (TPSA) is 81.7 Å². The molecule has 1 N–H and O–H groups in total. The Hall–Kier alpha value is -1.86. The Morgan fingerprint density at radius 2 is 1.90 bits per heavy atom. The Labute approximate surface area is 124 Å². The van der Waals surface area contributed by atoms with Crippen molar-refractivity contribution < 1.29 is 22.1 Å². The van der Waals surface area contributed by atoms with Gasteiger partial charge in [-0.1, -0.05) is 13.5 Å². The molecule has 1 aromatic rings. The molecule has 0 aliphatic carbocycles. The number of anilines is 1. The van der Waals surface area contributed by atoms with E-state index in [0.717, 1.165) is 6.26 Å². The zero-order chi connectivity index (χ0) is 16.0. The second-order valence-electron chi connectivity index (χ2n) is 4.41. The van der Waals surface area contributed by atoms with E-state index in [1.54, 1.807) is 38.3 Å². The zero-order valence-electron chi connectivity index (χ0n) is 12.3. The molecule has 0 fully saturated rings. The zero-order valence-corrected chi connectivity index (χ0v) is 13.1. The Morgan fingerprint density at radius 3 is 2.33 bits per heavy atom. The molecule has 0 spiro atoms. The van der Waals surface area contributed by atoms with E-state index in [2.05, 4.69) is 11.9 Å². The van der Waals surface area contributed by atoms with Gasteiger partial charge in [-0.25, -0.2) is 0 Å². The average Bonchev–Trinajstić information content (AvgIpc) is 2.43. The third-order valence-electron chi connectivity index (χ3n) is 2.69. The molecule has 0 heterocycles. The fourth-order valence-electron chi connectivity index (χ4n) is 1.62. The van der Waals surface area contributed by atoms with Crippen molar-refractivity contribution in [1.29, 1.82) is 0 Å². The Balaban J connectivity index is 2.74. The van der Waals surface area contributed by atoms with Gasteiger partial charge in [0.1, 0.15) is 11.9 Å². The van der Waals surface area contributed by atoms with E-state index in [9.17, 15) is 13.2 Å². The number of hydrogen-bond donors (Lipinski definition) is 1. The molecule has 0 aliphatic rings. The predicted octanol–water partition coefficient (Wildman–Crippen LogP) is 1.94. The molecular weight excluding hydrogens is 294 g/mol. The lowest BCUT2D eigenvalue weighted by Gasteiger charge is -2.16. The van der Waals surface area contributed by atoms with E-state index in [4.69, 9.17) is 8.92 Å². The molecule has 0 bridgehead atoms. The van der Waals surface area contributed by atoms with Crippen LogP contribution in [0, 0.1) is 0 Å². The second-order valence-corrected chi connectivity index (χ2v) is 6.01. The fourth-order valence-corrected chi connectivity index (χ4v) is 2.29. The fraction of sp³-hybridized carbons (Fsp3) is 0.357. The van der Waals surface area contributed by atoms with E-state index in [1.807, 2.05) is 0 Å². The van der Waals surface area contributed by atoms with Crippen molar-refractivity contribution in [3.63, 3.8) is 0 Å². The highest BCUT2D eigenvalue weighted by molar-refractivity contribution is 7.86. The quantitative estimate of drug-likeness (QED) is 0.614. The van der Waals surface area contributed by atoms with Crippen molar-refractivity contribution in [2.45, 2.75) is 19.4 Å². The van der Waals surface area contributed by atoms with Gasteiger partial charge >= 0.3 is 0 Å². The molecular formula is C14H19NO5S. The number of methoxy groups -OCH3 is 1. The van der Waals surface area contributed by atoms with Crippen LogP contribution in [0.3, 0.4) is 0 Å². The predicted molar refractivity (Wildman–Crippen MR) is 80.8 cm³/mol. The number of amides is 1. The maximum atomic E-state index is 12.0. The van der Waals surface area contributed by atoms with Crippen LogP contribution in [0.4, 0.5) is 5.69 Å². The first-order valence-corrected chi connectivity index (χ1v) is 8.11. The number of ether oxygens (including phenoxy) is 1. The first-order valence-electron chi connectivity index (χ1n) is 6.29. The summed E-state index contributed by atoms with van der Waals surface area (Å²) in [5.41, 5.74) is 0.606. The van der Waals surface area contributed by atoms with Crippen molar-refractivity contribution in [2.75, 3.05) is 18.7 Å². The van der Waals surface area contributed by atoms with Crippen LogP contribution in [0.15, 0.2) is 36.4 Å². The van der Waals surface area contributed by atoms with Gasteiger partial charge in [-0.15, -0.1) is 0 Å². The molecule has 1 amide bonds. The summed E-state index contributed by atoms with van der Waals surface area (Å²) in [4.78, 5) is 12.0. The number of hydrogen-bond acceptors (Lipinski definition) is 5. The van der Waals surface area contributed by atoms with Crippen LogP contribution in [-0.4, -0.2) is 33.8 Å². The van der Waals surface area contributed by atoms with Crippen molar-refractivity contribution in [2.24, 2.45) is 0 Å². The summed E-state index contributed by atoms with van der Waals surface area (Å²) in [6.45, 7) is 5.32. The molecule has 0 saturated heterocycles. The summed E-state index contributed by atoms with van der Waals surface area (Å²) in [5, 5.41) is 2.62. The number of carbonyl (C=O) groups is 1. The van der Waals surface area contributed by atoms with Crippen LogP contribution in [0.1, 0.15) is 13.3 Å². The molecule has 6 nitrogen and oxygen atoms in total. The standard InChI is InChI=1S/C14H19NO5S/c1-5-13(20-21(4,17)18)10(2)14(16)15-11-6-8-12(19-3)9-7-11/h6-9,13H,2,5H2,1,3-4H3,(H,15,16)/t13-/m1/s1. The van der Waals surface area contributed by atoms with Gasteiger partial charge in [-0.05, 0) is 30.7 Å². The van der Waals surface area contributed by atoms with Crippen LogP contribution in [-0.2, 0) is 19.1 Å². The highest BCUT2D eigenvalue weighted by Gasteiger charge is 2.22. The van der Waals surface area contributed by atoms with E-state index >= 15 is 0 Å². The van der Waals surface area contributed by atoms with E-state index in [-0.39, 0.29) is 5.57 Å². The monoisotopic (exact) mass is 313 g/mol. The van der Waals surface area contributed by atoms with Crippen molar-refractivity contribution in [3.8, 4) is 5.75 Å². The summed E-state index contributed by atoms with van der Waals surface area (Å²) in [7, 11) is -2.11. The summed E-state index contributed by atoms with van der Waals surface area (Å²) in [6.07, 6.45) is 0.380. The van der Waals surface area contributed by atoms with Crippen LogP contribution >= 0.6 is 0 Å². The summed E-state index contributed by atoms with van der Waals surface area (Å²) < 4.78 is 32.1. The van der Waals surface area contributed by atoms with E-state index in [0.29, 0.717) is 17.9 Å². The SMILES string of the molecule is C=C(C(=O)Nc1ccc(OC)cc1)[C@@H](CC)OS(C)(=O)=O. The minimum atomic E-state index is -3.65. The van der Waals surface area contributed by atoms with Gasteiger partial charge < -0.3 is 10.1 Å². The minimum absolute atomic E-state index is 0.0544. The van der Waals surface area contributed by atoms with Crippen molar-refractivity contribution in [3.05, 3.63) is 36.4 Å². The van der Waals surface area contributed by atoms with Gasteiger partial charge in [0.25, 0.3) is 16.0 Å². The van der Waals surface area contributed by atoms with Crippen LogP contribution in [0.25, 0.3) is 0 Å². The van der Waals surface area contributed by atoms with Gasteiger partial charge in [-0.2, -0.15) is 8.42 Å². The van der Waals surface area contributed by atoms with Gasteiger partial charge in [0.2, 0.25) is 0 Å². The van der Waals surface area contributed by atoms with Crippen LogP contribution in [0.2, 0.25) is 0 Å². The third-order valence-corrected chi connectivity index (χ3v) is 3.27. The second kappa shape index (κ2) is 7.24. The largest absolute Gasteiger partial charge is 0.497 e. The average molecular weight is 313 g/mol. The van der Waals surface area contributed by atoms with Gasteiger partial charge in [0.15, 0.2) is 0 Å². The van der Waals surface area contributed by atoms with E-state index < -0.39 is 22.1 Å². The van der Waals surface area contributed by atoms with Crippen LogP contribution < -0.4 is 10.1 Å². The van der Waals surface area contributed by atoms with Gasteiger partial charge in [0, 0.05) is 11.3 Å².